The first-order chi connectivity index (χ1) is 11.1. The zero-order valence-corrected chi connectivity index (χ0v) is 14.2. The van der Waals surface area contributed by atoms with E-state index in [0.717, 1.165) is 54.7 Å². The number of aryl methyl sites for hydroxylation is 2. The van der Waals surface area contributed by atoms with Gasteiger partial charge in [0.15, 0.2) is 0 Å². The Labute approximate surface area is 137 Å². The molecule has 23 heavy (non-hydrogen) atoms. The van der Waals surface area contributed by atoms with Crippen LogP contribution in [0, 0.1) is 6.92 Å². The summed E-state index contributed by atoms with van der Waals surface area (Å²) in [5.41, 5.74) is 4.95. The van der Waals surface area contributed by atoms with E-state index < -0.39 is 0 Å². The molecule has 1 N–H and O–H groups in total. The molecule has 0 bridgehead atoms. The third kappa shape index (κ3) is 3.31. The van der Waals surface area contributed by atoms with Crippen LogP contribution in [-0.2, 0) is 12.8 Å². The van der Waals surface area contributed by atoms with Crippen LogP contribution in [0.5, 0.6) is 0 Å². The lowest BCUT2D eigenvalue weighted by Gasteiger charge is -2.09. The van der Waals surface area contributed by atoms with Crippen molar-refractivity contribution in [3.05, 3.63) is 46.8 Å². The maximum Gasteiger partial charge on any atom is 0.255 e. The Balaban J connectivity index is 2.07. The normalized spacial score (nSPS) is 14.0. The van der Waals surface area contributed by atoms with Crippen molar-refractivity contribution in [2.45, 2.75) is 58.9 Å². The fourth-order valence-corrected chi connectivity index (χ4v) is 2.96. The fourth-order valence-electron chi connectivity index (χ4n) is 2.96. The van der Waals surface area contributed by atoms with Gasteiger partial charge in [-0.05, 0) is 50.3 Å². The predicted octanol–water partition coefficient (Wildman–Crippen LogP) is 3.59. The first-order valence-corrected chi connectivity index (χ1v) is 8.62. The first-order valence-electron chi connectivity index (χ1n) is 8.62. The second-order valence-corrected chi connectivity index (χ2v) is 6.37. The SMILES string of the molecule is CCCc1nn(-c2cccc(C)c2)c(CC)c1C(=O)NC1CC1. The van der Waals surface area contributed by atoms with Crippen LogP contribution in [0.3, 0.4) is 0 Å². The summed E-state index contributed by atoms with van der Waals surface area (Å²) in [5.74, 6) is 0.0479. The smallest absolute Gasteiger partial charge is 0.255 e. The standard InChI is InChI=1S/C19H25N3O/c1-4-7-16-18(19(23)20-14-10-11-14)17(5-2)22(21-16)15-9-6-8-13(3)12-15/h6,8-9,12,14H,4-5,7,10-11H2,1-3H3,(H,20,23). The second-order valence-electron chi connectivity index (χ2n) is 6.37. The Hall–Kier alpha value is -2.10. The molecule has 1 fully saturated rings. The van der Waals surface area contributed by atoms with Gasteiger partial charge in [-0.15, -0.1) is 0 Å². The number of hydrogen-bond acceptors (Lipinski definition) is 2. The van der Waals surface area contributed by atoms with Crippen molar-refractivity contribution < 1.29 is 4.79 Å². The summed E-state index contributed by atoms with van der Waals surface area (Å²) in [6, 6.07) is 8.65. The van der Waals surface area contributed by atoms with Gasteiger partial charge in [-0.3, -0.25) is 4.79 Å². The molecule has 0 saturated heterocycles. The van der Waals surface area contributed by atoms with Gasteiger partial charge in [0.25, 0.3) is 5.91 Å². The van der Waals surface area contributed by atoms with Gasteiger partial charge in [0.05, 0.1) is 22.6 Å². The van der Waals surface area contributed by atoms with Crippen LogP contribution in [0.1, 0.15) is 60.4 Å². The summed E-state index contributed by atoms with van der Waals surface area (Å²) in [5, 5.41) is 7.91. The molecule has 0 unspecified atom stereocenters. The molecule has 1 saturated carbocycles. The first kappa shape index (κ1) is 15.8. The highest BCUT2D eigenvalue weighted by atomic mass is 16.1. The fraction of sp³-hybridized carbons (Fsp3) is 0.474. The van der Waals surface area contributed by atoms with Crippen LogP contribution >= 0.6 is 0 Å². The lowest BCUT2D eigenvalue weighted by atomic mass is 10.1. The Kier molecular flexibility index (Phi) is 4.51. The quantitative estimate of drug-likeness (QED) is 0.886. The minimum Gasteiger partial charge on any atom is -0.349 e. The van der Waals surface area contributed by atoms with Gasteiger partial charge in [-0.25, -0.2) is 4.68 Å². The summed E-state index contributed by atoms with van der Waals surface area (Å²) in [4.78, 5) is 12.7. The van der Waals surface area contributed by atoms with Gasteiger partial charge in [0.2, 0.25) is 0 Å². The zero-order chi connectivity index (χ0) is 16.4. The minimum atomic E-state index is 0.0479. The highest BCUT2D eigenvalue weighted by Gasteiger charge is 2.28. The largest absolute Gasteiger partial charge is 0.349 e. The molecule has 2 aromatic rings. The predicted molar refractivity (Wildman–Crippen MR) is 92.2 cm³/mol. The van der Waals surface area contributed by atoms with Gasteiger partial charge >= 0.3 is 0 Å². The van der Waals surface area contributed by atoms with Crippen molar-refractivity contribution in [3.8, 4) is 5.69 Å². The summed E-state index contributed by atoms with van der Waals surface area (Å²) in [6.45, 7) is 6.29. The van der Waals surface area contributed by atoms with Gasteiger partial charge in [-0.2, -0.15) is 5.10 Å². The van der Waals surface area contributed by atoms with Crippen molar-refractivity contribution in [1.29, 1.82) is 0 Å². The monoisotopic (exact) mass is 311 g/mol. The van der Waals surface area contributed by atoms with E-state index in [2.05, 4.69) is 44.3 Å². The molecule has 1 aliphatic carbocycles. The highest BCUT2D eigenvalue weighted by Crippen LogP contribution is 2.24. The maximum absolute atomic E-state index is 12.7. The number of nitrogens with one attached hydrogen (secondary N) is 1. The lowest BCUT2D eigenvalue weighted by Crippen LogP contribution is -2.27. The van der Waals surface area contributed by atoms with E-state index in [9.17, 15) is 4.79 Å². The minimum absolute atomic E-state index is 0.0479. The average Bonchev–Trinajstić information content (AvgIpc) is 3.26. The maximum atomic E-state index is 12.7. The third-order valence-electron chi connectivity index (χ3n) is 4.26. The van der Waals surface area contributed by atoms with Crippen molar-refractivity contribution in [1.82, 2.24) is 15.1 Å². The molecule has 1 aromatic carbocycles. The Morgan fingerprint density at radius 3 is 2.74 bits per heavy atom. The van der Waals surface area contributed by atoms with Gasteiger partial charge in [-0.1, -0.05) is 32.4 Å². The Morgan fingerprint density at radius 2 is 2.13 bits per heavy atom. The molecule has 0 radical (unpaired) electrons. The topological polar surface area (TPSA) is 46.9 Å². The number of rotatable bonds is 6. The summed E-state index contributed by atoms with van der Waals surface area (Å²) < 4.78 is 1.96. The van der Waals surface area contributed by atoms with E-state index in [0.29, 0.717) is 6.04 Å². The number of amides is 1. The van der Waals surface area contributed by atoms with Crippen molar-refractivity contribution in [2.24, 2.45) is 0 Å². The van der Waals surface area contributed by atoms with Gasteiger partial charge < -0.3 is 5.32 Å². The molecule has 122 valence electrons. The molecule has 1 aliphatic rings. The van der Waals surface area contributed by atoms with Crippen LogP contribution in [0.15, 0.2) is 24.3 Å². The highest BCUT2D eigenvalue weighted by molar-refractivity contribution is 5.97. The van der Waals surface area contributed by atoms with Crippen LogP contribution in [0.2, 0.25) is 0 Å². The van der Waals surface area contributed by atoms with Crippen LogP contribution < -0.4 is 5.32 Å². The third-order valence-corrected chi connectivity index (χ3v) is 4.26. The molecule has 1 amide bonds. The van der Waals surface area contributed by atoms with Crippen LogP contribution in [0.4, 0.5) is 0 Å². The number of carbonyl (C=O) groups excluding carboxylic acids is 1. The van der Waals surface area contributed by atoms with Crippen molar-refractivity contribution >= 4 is 5.91 Å². The molecule has 4 heteroatoms. The molecular weight excluding hydrogens is 286 g/mol. The molecule has 1 aromatic heterocycles. The second kappa shape index (κ2) is 6.57. The van der Waals surface area contributed by atoms with E-state index in [4.69, 9.17) is 5.10 Å². The number of nitrogens with zero attached hydrogens (tertiary/aromatic N) is 2. The molecule has 0 atom stereocenters. The summed E-state index contributed by atoms with van der Waals surface area (Å²) in [7, 11) is 0. The van der Waals surface area contributed by atoms with Crippen LogP contribution in [-0.4, -0.2) is 21.7 Å². The Morgan fingerprint density at radius 1 is 1.35 bits per heavy atom. The van der Waals surface area contributed by atoms with Gasteiger partial charge in [0.1, 0.15) is 0 Å². The molecule has 3 rings (SSSR count). The molecular formula is C19H25N3O. The van der Waals surface area contributed by atoms with Crippen molar-refractivity contribution in [2.75, 3.05) is 0 Å². The average molecular weight is 311 g/mol. The molecule has 0 aliphatic heterocycles. The van der Waals surface area contributed by atoms with Crippen LogP contribution in [0.25, 0.3) is 5.69 Å². The van der Waals surface area contributed by atoms with E-state index in [-0.39, 0.29) is 5.91 Å². The number of aromatic nitrogens is 2. The number of benzene rings is 1. The molecule has 4 nitrogen and oxygen atoms in total. The number of carbonyl (C=O) groups is 1. The van der Waals surface area contributed by atoms with E-state index in [1.54, 1.807) is 0 Å². The zero-order valence-electron chi connectivity index (χ0n) is 14.2. The lowest BCUT2D eigenvalue weighted by molar-refractivity contribution is 0.0949. The number of hydrogen-bond donors (Lipinski definition) is 1. The Bertz CT molecular complexity index is 713. The molecule has 1 heterocycles. The van der Waals surface area contributed by atoms with Crippen molar-refractivity contribution in [3.63, 3.8) is 0 Å². The summed E-state index contributed by atoms with van der Waals surface area (Å²) >= 11 is 0. The molecule has 0 spiro atoms. The van der Waals surface area contributed by atoms with E-state index in [1.807, 2.05) is 10.7 Å². The van der Waals surface area contributed by atoms with E-state index >= 15 is 0 Å². The van der Waals surface area contributed by atoms with E-state index in [1.165, 1.54) is 5.56 Å². The van der Waals surface area contributed by atoms with Gasteiger partial charge in [0, 0.05) is 6.04 Å². The summed E-state index contributed by atoms with van der Waals surface area (Å²) in [6.07, 6.45) is 4.81.